The van der Waals surface area contributed by atoms with Crippen LogP contribution in [0.4, 0.5) is 0 Å². The van der Waals surface area contributed by atoms with E-state index < -0.39 is 11.0 Å². The number of hydrogen-bond donors (Lipinski definition) is 1. The summed E-state index contributed by atoms with van der Waals surface area (Å²) in [5, 5.41) is 0. The first kappa shape index (κ1) is 15.1. The molecule has 2 saturated heterocycles. The second-order valence-corrected chi connectivity index (χ2v) is 6.22. The summed E-state index contributed by atoms with van der Waals surface area (Å²) in [5.41, 5.74) is 0. The summed E-state index contributed by atoms with van der Waals surface area (Å²) in [5.74, 6) is 0. The van der Waals surface area contributed by atoms with E-state index in [1.165, 1.54) is 25.8 Å². The molecule has 0 saturated carbocycles. The maximum absolute atomic E-state index is 10.9. The van der Waals surface area contributed by atoms with Gasteiger partial charge in [0.1, 0.15) is 0 Å². The lowest BCUT2D eigenvalue weighted by Gasteiger charge is -2.12. The van der Waals surface area contributed by atoms with Gasteiger partial charge in [0.15, 0.2) is 0 Å². The summed E-state index contributed by atoms with van der Waals surface area (Å²) in [6, 6.07) is 1.26. The number of methoxy groups -OCH3 is 1. The second kappa shape index (κ2) is 7.46. The van der Waals surface area contributed by atoms with Gasteiger partial charge in [-0.15, -0.1) is 0 Å². The maximum atomic E-state index is 10.9. The summed E-state index contributed by atoms with van der Waals surface area (Å²) < 4.78 is 18.8. The summed E-state index contributed by atoms with van der Waals surface area (Å²) in [6.07, 6.45) is 5.99. The third-order valence-electron chi connectivity index (χ3n) is 3.31. The number of nitrogens with zero attached hydrogens (tertiary/aromatic N) is 1. The molecule has 0 aromatic heterocycles. The molecule has 0 aliphatic carbocycles. The molecular weight excluding hydrogens is 236 g/mol. The number of nitrogens with one attached hydrogen (secondary N) is 1. The third-order valence-corrected chi connectivity index (χ3v) is 3.98. The minimum atomic E-state index is -0.840. The fourth-order valence-corrected chi connectivity index (χ4v) is 3.05. The van der Waals surface area contributed by atoms with Gasteiger partial charge in [-0.25, -0.2) is 8.93 Å². The van der Waals surface area contributed by atoms with Crippen molar-refractivity contribution in [1.29, 1.82) is 0 Å². The SMILES string of the molecule is COC(C)C.CS(=O)NC1CC2CCCN2C1. The monoisotopic (exact) mass is 262 g/mol. The van der Waals surface area contributed by atoms with E-state index in [0.717, 1.165) is 12.6 Å². The Hall–Kier alpha value is 0.0300. The van der Waals surface area contributed by atoms with Crippen LogP contribution >= 0.6 is 0 Å². The van der Waals surface area contributed by atoms with Crippen molar-refractivity contribution in [3.63, 3.8) is 0 Å². The highest BCUT2D eigenvalue weighted by Gasteiger charge is 2.35. The minimum Gasteiger partial charge on any atom is -0.382 e. The van der Waals surface area contributed by atoms with Crippen LogP contribution in [0.5, 0.6) is 0 Å². The van der Waals surface area contributed by atoms with Crippen LogP contribution < -0.4 is 4.72 Å². The van der Waals surface area contributed by atoms with Crippen molar-refractivity contribution >= 4 is 11.0 Å². The lowest BCUT2D eigenvalue weighted by molar-refractivity contribution is 0.134. The molecule has 2 aliphatic heterocycles. The van der Waals surface area contributed by atoms with Crippen LogP contribution in [-0.4, -0.2) is 53.8 Å². The summed E-state index contributed by atoms with van der Waals surface area (Å²) in [6.45, 7) is 6.35. The quantitative estimate of drug-likeness (QED) is 0.829. The van der Waals surface area contributed by atoms with Gasteiger partial charge >= 0.3 is 0 Å². The fourth-order valence-electron chi connectivity index (χ4n) is 2.41. The average Bonchev–Trinajstić information content (AvgIpc) is 2.77. The van der Waals surface area contributed by atoms with E-state index in [4.69, 9.17) is 4.74 Å². The normalized spacial score (nSPS) is 29.9. The Balaban J connectivity index is 0.000000249. The molecule has 102 valence electrons. The summed E-state index contributed by atoms with van der Waals surface area (Å²) in [7, 11) is 0.859. The minimum absolute atomic E-state index is 0.384. The highest BCUT2D eigenvalue weighted by molar-refractivity contribution is 7.82. The lowest BCUT2D eigenvalue weighted by Crippen LogP contribution is -2.33. The molecule has 0 aromatic rings. The van der Waals surface area contributed by atoms with Crippen LogP contribution in [0.1, 0.15) is 33.1 Å². The zero-order valence-electron chi connectivity index (χ0n) is 11.4. The molecule has 17 heavy (non-hydrogen) atoms. The molecule has 0 radical (unpaired) electrons. The van der Waals surface area contributed by atoms with Gasteiger partial charge in [-0.1, -0.05) is 0 Å². The van der Waals surface area contributed by atoms with E-state index in [-0.39, 0.29) is 0 Å². The van der Waals surface area contributed by atoms with E-state index in [9.17, 15) is 4.21 Å². The van der Waals surface area contributed by atoms with Gasteiger partial charge in [0.05, 0.1) is 17.1 Å². The van der Waals surface area contributed by atoms with Crippen molar-refractivity contribution in [3.05, 3.63) is 0 Å². The Labute approximate surface area is 108 Å². The Morgan fingerprint density at radius 2 is 2.12 bits per heavy atom. The first-order valence-electron chi connectivity index (χ1n) is 6.39. The second-order valence-electron chi connectivity index (χ2n) is 5.08. The fraction of sp³-hybridized carbons (Fsp3) is 1.00. The van der Waals surface area contributed by atoms with Gasteiger partial charge in [0.25, 0.3) is 0 Å². The van der Waals surface area contributed by atoms with Crippen LogP contribution in [0, 0.1) is 0 Å². The van der Waals surface area contributed by atoms with E-state index in [0.29, 0.717) is 12.1 Å². The van der Waals surface area contributed by atoms with Crippen LogP contribution in [0.15, 0.2) is 0 Å². The topological polar surface area (TPSA) is 41.6 Å². The van der Waals surface area contributed by atoms with Gasteiger partial charge in [0.2, 0.25) is 0 Å². The number of rotatable bonds is 3. The highest BCUT2D eigenvalue weighted by atomic mass is 32.2. The molecule has 2 rings (SSSR count). The zero-order valence-corrected chi connectivity index (χ0v) is 12.3. The van der Waals surface area contributed by atoms with Crippen LogP contribution in [0.25, 0.3) is 0 Å². The van der Waals surface area contributed by atoms with Gasteiger partial charge in [-0.3, -0.25) is 4.90 Å². The molecule has 3 unspecified atom stereocenters. The van der Waals surface area contributed by atoms with Crippen LogP contribution in [-0.2, 0) is 15.7 Å². The Kier molecular flexibility index (Phi) is 6.62. The summed E-state index contributed by atoms with van der Waals surface area (Å²) >= 11 is 0. The molecule has 3 atom stereocenters. The van der Waals surface area contributed by atoms with E-state index in [2.05, 4.69) is 9.62 Å². The molecule has 1 N–H and O–H groups in total. The van der Waals surface area contributed by atoms with Crippen molar-refractivity contribution in [1.82, 2.24) is 9.62 Å². The molecule has 0 bridgehead atoms. The standard InChI is InChI=1S/C8H16N2OS.C4H10O/c1-12(11)9-7-5-8-3-2-4-10(8)6-7;1-4(2)5-3/h7-9H,2-6H2,1H3;4H,1-3H3. The zero-order chi connectivity index (χ0) is 12.8. The first-order chi connectivity index (χ1) is 8.02. The Morgan fingerprint density at radius 3 is 2.59 bits per heavy atom. The summed E-state index contributed by atoms with van der Waals surface area (Å²) in [4.78, 5) is 2.52. The van der Waals surface area contributed by atoms with Gasteiger partial charge in [-0.05, 0) is 39.7 Å². The van der Waals surface area contributed by atoms with Crippen molar-refractivity contribution in [2.45, 2.75) is 51.3 Å². The molecule has 4 nitrogen and oxygen atoms in total. The average molecular weight is 262 g/mol. The van der Waals surface area contributed by atoms with E-state index in [1.807, 2.05) is 13.8 Å². The van der Waals surface area contributed by atoms with E-state index >= 15 is 0 Å². The Morgan fingerprint density at radius 1 is 1.47 bits per heavy atom. The first-order valence-corrected chi connectivity index (χ1v) is 7.95. The van der Waals surface area contributed by atoms with Crippen molar-refractivity contribution in [2.24, 2.45) is 0 Å². The molecule has 2 fully saturated rings. The van der Waals surface area contributed by atoms with E-state index in [1.54, 1.807) is 13.4 Å². The maximum Gasteiger partial charge on any atom is 0.0886 e. The van der Waals surface area contributed by atoms with Crippen LogP contribution in [0.3, 0.4) is 0 Å². The van der Waals surface area contributed by atoms with Gasteiger partial charge in [0, 0.05) is 32.0 Å². The predicted molar refractivity (Wildman–Crippen MR) is 72.3 cm³/mol. The number of ether oxygens (including phenoxy) is 1. The van der Waals surface area contributed by atoms with Crippen molar-refractivity contribution in [2.75, 3.05) is 26.5 Å². The molecule has 2 heterocycles. The van der Waals surface area contributed by atoms with Crippen molar-refractivity contribution < 1.29 is 8.95 Å². The van der Waals surface area contributed by atoms with Gasteiger partial charge < -0.3 is 4.74 Å². The molecule has 0 spiro atoms. The number of hydrogen-bond acceptors (Lipinski definition) is 3. The van der Waals surface area contributed by atoms with Gasteiger partial charge in [-0.2, -0.15) is 0 Å². The molecule has 0 aromatic carbocycles. The highest BCUT2D eigenvalue weighted by Crippen LogP contribution is 2.27. The number of fused-ring (bicyclic) bond motifs is 1. The molecule has 2 aliphatic rings. The smallest absolute Gasteiger partial charge is 0.0886 e. The van der Waals surface area contributed by atoms with Crippen LogP contribution in [0.2, 0.25) is 0 Å². The largest absolute Gasteiger partial charge is 0.382 e. The third kappa shape index (κ3) is 5.46. The predicted octanol–water partition coefficient (Wildman–Crippen LogP) is 1.15. The van der Waals surface area contributed by atoms with Crippen molar-refractivity contribution in [3.8, 4) is 0 Å². The molecule has 0 amide bonds. The molecular formula is C12H26N2O2S. The Bertz CT molecular complexity index is 237. The lowest BCUT2D eigenvalue weighted by atomic mass is 10.1. The molecule has 5 heteroatoms.